The summed E-state index contributed by atoms with van der Waals surface area (Å²) in [5.41, 5.74) is 4.77. The number of ether oxygens (including phenoxy) is 1. The molecule has 4 nitrogen and oxygen atoms in total. The van der Waals surface area contributed by atoms with Gasteiger partial charge in [-0.2, -0.15) is 5.10 Å². The molecule has 0 aliphatic rings. The minimum absolute atomic E-state index is 0.543. The van der Waals surface area contributed by atoms with E-state index in [0.717, 1.165) is 16.7 Å². The summed E-state index contributed by atoms with van der Waals surface area (Å²) >= 11 is 6.00. The molecule has 0 aliphatic carbocycles. The summed E-state index contributed by atoms with van der Waals surface area (Å²) < 4.78 is 5.09. The van der Waals surface area contributed by atoms with E-state index in [1.54, 1.807) is 27.0 Å². The molecule has 2 aromatic carbocycles. The number of nitrogens with zero attached hydrogens (tertiary/aromatic N) is 1. The van der Waals surface area contributed by atoms with Crippen LogP contribution in [0.4, 0.5) is 4.79 Å². The maximum absolute atomic E-state index is 11.5. The second-order valence-electron chi connectivity index (χ2n) is 6.00. The first-order valence-corrected chi connectivity index (χ1v) is 7.59. The Morgan fingerprint density at radius 3 is 2.43 bits per heavy atom. The normalized spacial score (nSPS) is 11.5. The molecule has 0 aromatic heterocycles. The van der Waals surface area contributed by atoms with Crippen molar-refractivity contribution in [1.82, 2.24) is 5.43 Å². The quantitative estimate of drug-likeness (QED) is 0.645. The Bertz CT molecular complexity index is 704. The number of hydrazone groups is 1. The fourth-order valence-electron chi connectivity index (χ4n) is 1.89. The first-order chi connectivity index (χ1) is 10.8. The lowest BCUT2D eigenvalue weighted by Gasteiger charge is -2.18. The van der Waals surface area contributed by atoms with Gasteiger partial charge in [0.1, 0.15) is 5.60 Å². The second kappa shape index (κ2) is 7.29. The number of hydrogen-bond donors (Lipinski definition) is 1. The molecule has 0 atom stereocenters. The number of hydrogen-bond acceptors (Lipinski definition) is 3. The van der Waals surface area contributed by atoms with Crippen LogP contribution in [0.25, 0.3) is 11.1 Å². The van der Waals surface area contributed by atoms with Gasteiger partial charge in [0, 0.05) is 5.02 Å². The zero-order chi connectivity index (χ0) is 16.9. The van der Waals surface area contributed by atoms with Gasteiger partial charge in [-0.3, -0.25) is 0 Å². The number of carbonyl (C=O) groups is 1. The van der Waals surface area contributed by atoms with Gasteiger partial charge < -0.3 is 4.74 Å². The maximum Gasteiger partial charge on any atom is 0.428 e. The third-order valence-corrected chi connectivity index (χ3v) is 3.07. The zero-order valence-corrected chi connectivity index (χ0v) is 14.1. The molecular weight excluding hydrogens is 312 g/mol. The van der Waals surface area contributed by atoms with E-state index in [2.05, 4.69) is 10.5 Å². The maximum atomic E-state index is 11.5. The van der Waals surface area contributed by atoms with Crippen molar-refractivity contribution in [1.29, 1.82) is 0 Å². The molecular formula is C18H19ClN2O2. The summed E-state index contributed by atoms with van der Waals surface area (Å²) in [5.74, 6) is 0. The highest BCUT2D eigenvalue weighted by Crippen LogP contribution is 2.22. The monoisotopic (exact) mass is 330 g/mol. The smallest absolute Gasteiger partial charge is 0.428 e. The Morgan fingerprint density at radius 2 is 1.83 bits per heavy atom. The van der Waals surface area contributed by atoms with Gasteiger partial charge in [0.05, 0.1) is 6.21 Å². The van der Waals surface area contributed by atoms with E-state index in [9.17, 15) is 4.79 Å². The van der Waals surface area contributed by atoms with E-state index in [0.29, 0.717) is 5.02 Å². The molecule has 0 saturated heterocycles. The molecule has 0 radical (unpaired) electrons. The average Bonchev–Trinajstić information content (AvgIpc) is 2.46. The van der Waals surface area contributed by atoms with Crippen molar-refractivity contribution in [2.45, 2.75) is 26.4 Å². The van der Waals surface area contributed by atoms with Crippen molar-refractivity contribution in [2.24, 2.45) is 5.10 Å². The molecule has 5 heteroatoms. The van der Waals surface area contributed by atoms with Crippen molar-refractivity contribution in [3.05, 3.63) is 59.1 Å². The Balaban J connectivity index is 1.97. The van der Waals surface area contributed by atoms with Crippen molar-refractivity contribution >= 4 is 23.9 Å². The molecule has 0 fully saturated rings. The number of nitrogens with one attached hydrogen (secondary N) is 1. The summed E-state index contributed by atoms with van der Waals surface area (Å²) in [5, 5.41) is 4.57. The highest BCUT2D eigenvalue weighted by molar-refractivity contribution is 6.30. The van der Waals surface area contributed by atoms with Crippen LogP contribution in [-0.2, 0) is 4.74 Å². The van der Waals surface area contributed by atoms with Crippen molar-refractivity contribution < 1.29 is 9.53 Å². The Hall–Kier alpha value is -2.33. The summed E-state index contributed by atoms with van der Waals surface area (Å²) in [6.45, 7) is 5.39. The van der Waals surface area contributed by atoms with Gasteiger partial charge in [-0.05, 0) is 49.6 Å². The van der Waals surface area contributed by atoms with Crippen molar-refractivity contribution in [3.63, 3.8) is 0 Å². The highest BCUT2D eigenvalue weighted by Gasteiger charge is 2.15. The van der Waals surface area contributed by atoms with Gasteiger partial charge in [-0.1, -0.05) is 48.0 Å². The molecule has 0 saturated carbocycles. The average molecular weight is 331 g/mol. The first kappa shape index (κ1) is 17.0. The van der Waals surface area contributed by atoms with E-state index in [1.165, 1.54) is 0 Å². The van der Waals surface area contributed by atoms with E-state index in [1.807, 2.05) is 48.5 Å². The topological polar surface area (TPSA) is 50.7 Å². The van der Waals surface area contributed by atoms with Crippen LogP contribution in [0.1, 0.15) is 26.3 Å². The standard InChI is InChI=1S/C18H19ClN2O2/c1-18(2,3)23-17(22)21-20-12-13-7-9-14(10-8-13)15-5-4-6-16(19)11-15/h4-12H,1-3H3,(H,21,22)/b20-12+. The SMILES string of the molecule is CC(C)(C)OC(=O)N/N=C/c1ccc(-c2cccc(Cl)c2)cc1. The number of carbonyl (C=O) groups excluding carboxylic acids is 1. The molecule has 2 aromatic rings. The van der Waals surface area contributed by atoms with Gasteiger partial charge in [0.15, 0.2) is 0 Å². The molecule has 0 bridgehead atoms. The molecule has 0 heterocycles. The lowest BCUT2D eigenvalue weighted by molar-refractivity contribution is 0.0529. The molecule has 1 amide bonds. The Kier molecular flexibility index (Phi) is 5.40. The van der Waals surface area contributed by atoms with Crippen molar-refractivity contribution in [3.8, 4) is 11.1 Å². The zero-order valence-electron chi connectivity index (χ0n) is 13.3. The highest BCUT2D eigenvalue weighted by atomic mass is 35.5. The van der Waals surface area contributed by atoms with E-state index < -0.39 is 11.7 Å². The summed E-state index contributed by atoms with van der Waals surface area (Å²) in [6, 6.07) is 15.4. The molecule has 0 unspecified atom stereocenters. The van der Waals surface area contributed by atoms with Crippen LogP contribution in [0.2, 0.25) is 5.02 Å². The fraction of sp³-hybridized carbons (Fsp3) is 0.222. The molecule has 0 spiro atoms. The van der Waals surface area contributed by atoms with E-state index in [-0.39, 0.29) is 0 Å². The molecule has 2 rings (SSSR count). The number of halogens is 1. The molecule has 23 heavy (non-hydrogen) atoms. The third kappa shape index (κ3) is 5.75. The van der Waals surface area contributed by atoms with Gasteiger partial charge in [0.2, 0.25) is 0 Å². The van der Waals surface area contributed by atoms with Gasteiger partial charge >= 0.3 is 6.09 Å². The van der Waals surface area contributed by atoms with Crippen LogP contribution < -0.4 is 5.43 Å². The number of amides is 1. The van der Waals surface area contributed by atoms with Crippen LogP contribution in [0.3, 0.4) is 0 Å². The molecule has 120 valence electrons. The third-order valence-electron chi connectivity index (χ3n) is 2.84. The second-order valence-corrected chi connectivity index (χ2v) is 6.44. The largest absolute Gasteiger partial charge is 0.443 e. The predicted molar refractivity (Wildman–Crippen MR) is 93.9 cm³/mol. The van der Waals surface area contributed by atoms with Crippen LogP contribution in [0, 0.1) is 0 Å². The predicted octanol–water partition coefficient (Wildman–Crippen LogP) is 4.87. The Morgan fingerprint density at radius 1 is 1.13 bits per heavy atom. The Labute approximate surface area is 141 Å². The van der Waals surface area contributed by atoms with Crippen molar-refractivity contribution in [2.75, 3.05) is 0 Å². The van der Waals surface area contributed by atoms with E-state index in [4.69, 9.17) is 16.3 Å². The summed E-state index contributed by atoms with van der Waals surface area (Å²) in [7, 11) is 0. The number of benzene rings is 2. The van der Waals surface area contributed by atoms with Crippen LogP contribution >= 0.6 is 11.6 Å². The van der Waals surface area contributed by atoms with Crippen LogP contribution in [0.15, 0.2) is 53.6 Å². The van der Waals surface area contributed by atoms with Gasteiger partial charge in [0.25, 0.3) is 0 Å². The fourth-order valence-corrected chi connectivity index (χ4v) is 2.08. The molecule has 0 aliphatic heterocycles. The summed E-state index contributed by atoms with van der Waals surface area (Å²) in [6.07, 6.45) is 0.982. The van der Waals surface area contributed by atoms with Gasteiger partial charge in [-0.15, -0.1) is 0 Å². The summed E-state index contributed by atoms with van der Waals surface area (Å²) in [4.78, 5) is 11.5. The lowest BCUT2D eigenvalue weighted by Crippen LogP contribution is -2.29. The molecule has 1 N–H and O–H groups in total. The minimum atomic E-state index is -0.579. The number of rotatable bonds is 3. The van der Waals surface area contributed by atoms with E-state index >= 15 is 0 Å². The lowest BCUT2D eigenvalue weighted by atomic mass is 10.0. The van der Waals surface area contributed by atoms with Gasteiger partial charge in [-0.25, -0.2) is 10.2 Å². The first-order valence-electron chi connectivity index (χ1n) is 7.21. The minimum Gasteiger partial charge on any atom is -0.443 e. The van der Waals surface area contributed by atoms with Crippen LogP contribution in [-0.4, -0.2) is 17.9 Å². The van der Waals surface area contributed by atoms with Crippen LogP contribution in [0.5, 0.6) is 0 Å².